The first kappa shape index (κ1) is 21.3. The summed E-state index contributed by atoms with van der Waals surface area (Å²) in [4.78, 5) is 13.6. The zero-order valence-electron chi connectivity index (χ0n) is 18.0. The van der Waals surface area contributed by atoms with Gasteiger partial charge in [0.1, 0.15) is 5.82 Å². The molecule has 0 aliphatic carbocycles. The van der Waals surface area contributed by atoms with Gasteiger partial charge in [0.05, 0.1) is 16.8 Å². The van der Waals surface area contributed by atoms with Crippen molar-refractivity contribution in [2.75, 3.05) is 43.4 Å². The van der Waals surface area contributed by atoms with Gasteiger partial charge >= 0.3 is 6.18 Å². The summed E-state index contributed by atoms with van der Waals surface area (Å²) in [6.07, 6.45) is 0.910. The van der Waals surface area contributed by atoms with Gasteiger partial charge < -0.3 is 19.5 Å². The van der Waals surface area contributed by atoms with Crippen LogP contribution in [0.1, 0.15) is 5.56 Å². The summed E-state index contributed by atoms with van der Waals surface area (Å²) in [7, 11) is 2.12. The fourth-order valence-electron chi connectivity index (χ4n) is 4.04. The maximum Gasteiger partial charge on any atom is 0.416 e. The third kappa shape index (κ3) is 4.36. The lowest BCUT2D eigenvalue weighted by Gasteiger charge is -2.33. The molecular formula is C24H23F3N6. The Kier molecular flexibility index (Phi) is 5.41. The Balaban J connectivity index is 1.41. The molecule has 33 heavy (non-hydrogen) atoms. The van der Waals surface area contributed by atoms with Crippen LogP contribution in [0.3, 0.4) is 0 Å². The van der Waals surface area contributed by atoms with E-state index in [1.165, 1.54) is 6.07 Å². The van der Waals surface area contributed by atoms with Gasteiger partial charge in [-0.2, -0.15) is 13.2 Å². The fourth-order valence-corrected chi connectivity index (χ4v) is 4.04. The van der Waals surface area contributed by atoms with Crippen LogP contribution < -0.4 is 10.2 Å². The Morgan fingerprint density at radius 3 is 2.48 bits per heavy atom. The minimum atomic E-state index is -4.40. The van der Waals surface area contributed by atoms with Gasteiger partial charge in [0, 0.05) is 56.0 Å². The van der Waals surface area contributed by atoms with Crippen LogP contribution in [0.25, 0.3) is 16.8 Å². The van der Waals surface area contributed by atoms with Gasteiger partial charge in [0.15, 0.2) is 5.82 Å². The number of hydrogen-bond acceptors (Lipinski definition) is 5. The second-order valence-electron chi connectivity index (χ2n) is 8.15. The van der Waals surface area contributed by atoms with Crippen LogP contribution in [-0.4, -0.2) is 52.5 Å². The topological polar surface area (TPSA) is 48.7 Å². The molecule has 0 amide bonds. The van der Waals surface area contributed by atoms with Gasteiger partial charge in [-0.15, -0.1) is 0 Å². The molecule has 0 spiro atoms. The lowest BCUT2D eigenvalue weighted by molar-refractivity contribution is -0.137. The largest absolute Gasteiger partial charge is 0.416 e. The van der Waals surface area contributed by atoms with Crippen molar-refractivity contribution < 1.29 is 13.2 Å². The molecule has 5 rings (SSSR count). The third-order valence-corrected chi connectivity index (χ3v) is 5.90. The van der Waals surface area contributed by atoms with E-state index in [9.17, 15) is 13.2 Å². The predicted octanol–water partition coefficient (Wildman–Crippen LogP) is 4.91. The number of likely N-dealkylation sites (N-methyl/N-ethyl adjacent to an activating group) is 1. The van der Waals surface area contributed by atoms with E-state index in [1.807, 2.05) is 41.1 Å². The van der Waals surface area contributed by atoms with Crippen molar-refractivity contribution in [3.8, 4) is 11.3 Å². The zero-order valence-corrected chi connectivity index (χ0v) is 18.0. The lowest BCUT2D eigenvalue weighted by Crippen LogP contribution is -2.44. The van der Waals surface area contributed by atoms with Crippen LogP contribution >= 0.6 is 0 Å². The molecule has 0 atom stereocenters. The molecule has 0 unspecified atom stereocenters. The SMILES string of the molecule is CN1CCN(c2ccc(-c3ccc4c(Nc5cccc(C(F)(F)F)c5)nccn34)cn2)CC1. The molecule has 1 aliphatic heterocycles. The third-order valence-electron chi connectivity index (χ3n) is 5.90. The summed E-state index contributed by atoms with van der Waals surface area (Å²) < 4.78 is 41.1. The van der Waals surface area contributed by atoms with Gasteiger partial charge in [-0.25, -0.2) is 9.97 Å². The quantitative estimate of drug-likeness (QED) is 0.477. The number of rotatable bonds is 4. The number of nitrogens with one attached hydrogen (secondary N) is 1. The molecule has 1 N–H and O–H groups in total. The van der Waals surface area contributed by atoms with E-state index >= 15 is 0 Å². The monoisotopic (exact) mass is 452 g/mol. The minimum Gasteiger partial charge on any atom is -0.354 e. The van der Waals surface area contributed by atoms with Gasteiger partial charge in [-0.05, 0) is 49.5 Å². The molecule has 1 fully saturated rings. The van der Waals surface area contributed by atoms with Crippen LogP contribution in [-0.2, 0) is 6.18 Å². The average molecular weight is 452 g/mol. The van der Waals surface area contributed by atoms with Crippen molar-refractivity contribution in [3.05, 3.63) is 72.7 Å². The van der Waals surface area contributed by atoms with Crippen LogP contribution in [0.4, 0.5) is 30.5 Å². The molecule has 0 saturated carbocycles. The van der Waals surface area contributed by atoms with Gasteiger partial charge in [0.2, 0.25) is 0 Å². The van der Waals surface area contributed by atoms with Crippen molar-refractivity contribution in [2.45, 2.75) is 6.18 Å². The number of fused-ring (bicyclic) bond motifs is 1. The van der Waals surface area contributed by atoms with Crippen molar-refractivity contribution in [1.82, 2.24) is 19.3 Å². The standard InChI is InChI=1S/C24H23F3N6/c1-31-11-13-32(14-12-31)22-8-5-17(16-29-22)20-6-7-21-23(28-9-10-33(20)21)30-19-4-2-3-18(15-19)24(25,26)27/h2-10,15-16H,11-14H2,1H3,(H,28,30). The maximum atomic E-state index is 13.1. The highest BCUT2D eigenvalue weighted by molar-refractivity contribution is 5.78. The zero-order chi connectivity index (χ0) is 23.0. The second-order valence-corrected chi connectivity index (χ2v) is 8.15. The maximum absolute atomic E-state index is 13.1. The summed E-state index contributed by atoms with van der Waals surface area (Å²) >= 11 is 0. The van der Waals surface area contributed by atoms with Crippen molar-refractivity contribution in [2.24, 2.45) is 0 Å². The number of piperazine rings is 1. The van der Waals surface area contributed by atoms with E-state index in [0.717, 1.165) is 60.9 Å². The van der Waals surface area contributed by atoms with Gasteiger partial charge in [-0.3, -0.25) is 0 Å². The van der Waals surface area contributed by atoms with Crippen molar-refractivity contribution >= 4 is 22.8 Å². The first-order valence-corrected chi connectivity index (χ1v) is 10.7. The highest BCUT2D eigenvalue weighted by Gasteiger charge is 2.30. The number of pyridine rings is 1. The summed E-state index contributed by atoms with van der Waals surface area (Å²) in [5.74, 6) is 1.44. The molecule has 6 nitrogen and oxygen atoms in total. The van der Waals surface area contributed by atoms with E-state index in [-0.39, 0.29) is 0 Å². The number of hydrogen-bond donors (Lipinski definition) is 1. The Labute approximate surface area is 189 Å². The van der Waals surface area contributed by atoms with Crippen molar-refractivity contribution in [3.63, 3.8) is 0 Å². The summed E-state index contributed by atoms with van der Waals surface area (Å²) in [5.41, 5.74) is 2.25. The first-order valence-electron chi connectivity index (χ1n) is 10.7. The molecule has 4 heterocycles. The lowest BCUT2D eigenvalue weighted by atomic mass is 10.2. The smallest absolute Gasteiger partial charge is 0.354 e. The normalized spacial score (nSPS) is 15.2. The van der Waals surface area contributed by atoms with Crippen LogP contribution in [0.5, 0.6) is 0 Å². The average Bonchev–Trinajstić information content (AvgIpc) is 3.25. The molecule has 1 saturated heterocycles. The van der Waals surface area contributed by atoms with Crippen molar-refractivity contribution in [1.29, 1.82) is 0 Å². The Morgan fingerprint density at radius 2 is 1.76 bits per heavy atom. The molecule has 4 aromatic rings. The number of alkyl halides is 3. The predicted molar refractivity (Wildman–Crippen MR) is 123 cm³/mol. The number of anilines is 3. The Morgan fingerprint density at radius 1 is 0.939 bits per heavy atom. The van der Waals surface area contributed by atoms with Crippen LogP contribution in [0, 0.1) is 0 Å². The molecule has 0 bridgehead atoms. The molecule has 3 aromatic heterocycles. The highest BCUT2D eigenvalue weighted by atomic mass is 19.4. The number of halogens is 3. The van der Waals surface area contributed by atoms with E-state index in [4.69, 9.17) is 0 Å². The second kappa shape index (κ2) is 8.40. The van der Waals surface area contributed by atoms with E-state index in [2.05, 4.69) is 32.1 Å². The Bertz CT molecular complexity index is 1260. The van der Waals surface area contributed by atoms with E-state index < -0.39 is 11.7 Å². The number of benzene rings is 1. The fraction of sp³-hybridized carbons (Fsp3) is 0.250. The first-order chi connectivity index (χ1) is 15.9. The Hall–Kier alpha value is -3.59. The minimum absolute atomic E-state index is 0.325. The van der Waals surface area contributed by atoms with Gasteiger partial charge in [-0.1, -0.05) is 6.07 Å². The van der Waals surface area contributed by atoms with E-state index in [0.29, 0.717) is 11.5 Å². The van der Waals surface area contributed by atoms with E-state index in [1.54, 1.807) is 12.3 Å². The number of nitrogens with zero attached hydrogens (tertiary/aromatic N) is 5. The van der Waals surface area contributed by atoms with Crippen LogP contribution in [0.2, 0.25) is 0 Å². The number of aromatic nitrogens is 3. The molecule has 9 heteroatoms. The summed E-state index contributed by atoms with van der Waals surface area (Å²) in [6.45, 7) is 3.93. The summed E-state index contributed by atoms with van der Waals surface area (Å²) in [5, 5.41) is 3.02. The molecule has 1 aliphatic rings. The highest BCUT2D eigenvalue weighted by Crippen LogP contribution is 2.32. The molecule has 1 aromatic carbocycles. The van der Waals surface area contributed by atoms with Crippen LogP contribution in [0.15, 0.2) is 67.1 Å². The molecular weight excluding hydrogens is 429 g/mol. The summed E-state index contributed by atoms with van der Waals surface area (Å²) in [6, 6.07) is 13.0. The molecule has 0 radical (unpaired) electrons. The van der Waals surface area contributed by atoms with Gasteiger partial charge in [0.25, 0.3) is 0 Å². The molecule has 170 valence electrons.